The van der Waals surface area contributed by atoms with Crippen LogP contribution in [-0.2, 0) is 0 Å². The fourth-order valence-corrected chi connectivity index (χ4v) is 3.42. The molecule has 0 bridgehead atoms. The summed E-state index contributed by atoms with van der Waals surface area (Å²) >= 11 is 0. The zero-order chi connectivity index (χ0) is 23.7. The van der Waals surface area contributed by atoms with E-state index in [0.29, 0.717) is 23.7 Å². The smallest absolute Gasteiger partial charge is 0.390 e. The number of hydrogen-bond donors (Lipinski definition) is 1. The van der Waals surface area contributed by atoms with E-state index in [1.165, 1.54) is 29.8 Å². The zero-order valence-corrected chi connectivity index (χ0v) is 18.0. The molecule has 0 aromatic carbocycles. The zero-order valence-electron chi connectivity index (χ0n) is 18.0. The van der Waals surface area contributed by atoms with Crippen LogP contribution in [0.3, 0.4) is 0 Å². The van der Waals surface area contributed by atoms with E-state index in [1.54, 1.807) is 11.0 Å². The molecule has 32 heavy (non-hydrogen) atoms. The van der Waals surface area contributed by atoms with Crippen molar-refractivity contribution in [3.63, 3.8) is 0 Å². The molecule has 0 amide bonds. The minimum atomic E-state index is -4.45. The van der Waals surface area contributed by atoms with Crippen molar-refractivity contribution in [2.45, 2.75) is 45.1 Å². The molecule has 5 nitrogen and oxygen atoms in total. The van der Waals surface area contributed by atoms with E-state index in [4.69, 9.17) is 0 Å². The number of fused-ring (bicyclic) bond motifs is 1. The number of aliphatic hydroxyl groups excluding tert-OH is 1. The molecule has 0 spiro atoms. The van der Waals surface area contributed by atoms with Crippen molar-refractivity contribution in [3.05, 3.63) is 59.5 Å². The fourth-order valence-electron chi connectivity index (χ4n) is 3.42. The Balaban J connectivity index is 1.98. The maximum Gasteiger partial charge on any atom is 0.412 e. The van der Waals surface area contributed by atoms with Gasteiger partial charge in [-0.05, 0) is 50.5 Å². The lowest BCUT2D eigenvalue weighted by Gasteiger charge is -2.24. The van der Waals surface area contributed by atoms with Crippen LogP contribution in [-0.4, -0.2) is 50.7 Å². The standard InChI is InChI=1S/C23H24F4N4O/c1-5-6-18(12-16(3)23(25,26)27)7-8-19-13-28-20-11-15(2)21(29-31(19)20)30-10-9-22(24,14-30)17(4)32/h5-6,11-13,17,32H,1,9-10,14H2,2-4H3/b16-12+,18-6-. The van der Waals surface area contributed by atoms with Gasteiger partial charge in [-0.25, -0.2) is 13.9 Å². The van der Waals surface area contributed by atoms with Gasteiger partial charge in [-0.3, -0.25) is 0 Å². The van der Waals surface area contributed by atoms with Gasteiger partial charge < -0.3 is 10.0 Å². The van der Waals surface area contributed by atoms with Crippen molar-refractivity contribution in [3.8, 4) is 11.8 Å². The van der Waals surface area contributed by atoms with Crippen LogP contribution in [0.5, 0.6) is 0 Å². The Morgan fingerprint density at radius 1 is 1.41 bits per heavy atom. The van der Waals surface area contributed by atoms with E-state index in [0.717, 1.165) is 18.6 Å². The third kappa shape index (κ3) is 4.86. The number of halogens is 4. The molecule has 0 saturated carbocycles. The Morgan fingerprint density at radius 3 is 2.72 bits per heavy atom. The number of aliphatic hydroxyl groups is 1. The van der Waals surface area contributed by atoms with Crippen molar-refractivity contribution in [2.75, 3.05) is 18.0 Å². The highest BCUT2D eigenvalue weighted by Gasteiger charge is 2.43. The highest BCUT2D eigenvalue weighted by molar-refractivity contribution is 5.56. The highest BCUT2D eigenvalue weighted by atomic mass is 19.4. The van der Waals surface area contributed by atoms with E-state index >= 15 is 0 Å². The molecule has 1 saturated heterocycles. The lowest BCUT2D eigenvalue weighted by atomic mass is 10.00. The summed E-state index contributed by atoms with van der Waals surface area (Å²) in [7, 11) is 0. The Kier molecular flexibility index (Phi) is 6.46. The molecule has 9 heteroatoms. The predicted octanol–water partition coefficient (Wildman–Crippen LogP) is 4.31. The van der Waals surface area contributed by atoms with E-state index in [2.05, 4.69) is 28.5 Å². The lowest BCUT2D eigenvalue weighted by Crippen LogP contribution is -2.39. The molecule has 2 atom stereocenters. The topological polar surface area (TPSA) is 53.7 Å². The van der Waals surface area contributed by atoms with Gasteiger partial charge in [0.15, 0.2) is 17.1 Å². The van der Waals surface area contributed by atoms with Gasteiger partial charge in [0.2, 0.25) is 0 Å². The summed E-state index contributed by atoms with van der Waals surface area (Å²) in [5, 5.41) is 14.3. The molecule has 170 valence electrons. The first-order valence-corrected chi connectivity index (χ1v) is 10.0. The van der Waals surface area contributed by atoms with Gasteiger partial charge in [0.25, 0.3) is 0 Å². The molecule has 2 aromatic heterocycles. The van der Waals surface area contributed by atoms with Crippen molar-refractivity contribution in [2.24, 2.45) is 0 Å². The number of imidazole rings is 1. The summed E-state index contributed by atoms with van der Waals surface area (Å²) in [5.41, 5.74) is -0.697. The Bertz CT molecular complexity index is 1150. The van der Waals surface area contributed by atoms with E-state index < -0.39 is 23.5 Å². The molecule has 0 radical (unpaired) electrons. The number of allylic oxidation sites excluding steroid dienone is 5. The Morgan fingerprint density at radius 2 is 2.12 bits per heavy atom. The van der Waals surface area contributed by atoms with Crippen LogP contribution in [0.1, 0.15) is 31.5 Å². The Labute approximate surface area is 183 Å². The van der Waals surface area contributed by atoms with Crippen LogP contribution in [0.4, 0.5) is 23.4 Å². The van der Waals surface area contributed by atoms with Crippen LogP contribution >= 0.6 is 0 Å². The first kappa shape index (κ1) is 23.5. The molecule has 1 aliphatic heterocycles. The summed E-state index contributed by atoms with van der Waals surface area (Å²) in [6.45, 7) is 8.15. The molecule has 3 rings (SSSR count). The van der Waals surface area contributed by atoms with Gasteiger partial charge >= 0.3 is 6.18 Å². The second-order valence-electron chi connectivity index (χ2n) is 7.88. The summed E-state index contributed by atoms with van der Waals surface area (Å²) in [6, 6.07) is 1.78. The quantitative estimate of drug-likeness (QED) is 0.430. The number of aromatic nitrogens is 3. The number of anilines is 1. The third-order valence-electron chi connectivity index (χ3n) is 5.41. The van der Waals surface area contributed by atoms with Crippen LogP contribution in [0.15, 0.2) is 48.2 Å². The maximum atomic E-state index is 14.8. The SMILES string of the molecule is C=C/C=C(C#Cc1cnc2cc(C)c(N3CCC(F)(C(C)O)C3)nn12)\C=C(/C)C(F)(F)F. The second-order valence-corrected chi connectivity index (χ2v) is 7.88. The fraction of sp³-hybridized carbons (Fsp3) is 0.391. The maximum absolute atomic E-state index is 14.8. The number of nitrogens with zero attached hydrogens (tertiary/aromatic N) is 4. The lowest BCUT2D eigenvalue weighted by molar-refractivity contribution is -0.0913. The molecule has 2 unspecified atom stereocenters. The minimum absolute atomic E-state index is 0.00740. The highest BCUT2D eigenvalue weighted by Crippen LogP contribution is 2.33. The molecule has 3 heterocycles. The van der Waals surface area contributed by atoms with Gasteiger partial charge in [0, 0.05) is 24.1 Å². The average Bonchev–Trinajstić information content (AvgIpc) is 3.29. The van der Waals surface area contributed by atoms with E-state index in [9.17, 15) is 22.7 Å². The van der Waals surface area contributed by atoms with Crippen molar-refractivity contribution in [1.29, 1.82) is 0 Å². The van der Waals surface area contributed by atoms with E-state index in [-0.39, 0.29) is 18.5 Å². The van der Waals surface area contributed by atoms with E-state index in [1.807, 2.05) is 6.92 Å². The molecule has 1 N–H and O–H groups in total. The van der Waals surface area contributed by atoms with Crippen LogP contribution in [0.2, 0.25) is 0 Å². The predicted molar refractivity (Wildman–Crippen MR) is 115 cm³/mol. The summed E-state index contributed by atoms with van der Waals surface area (Å²) in [6.07, 6.45) is -0.207. The average molecular weight is 448 g/mol. The third-order valence-corrected chi connectivity index (χ3v) is 5.41. The molecule has 2 aromatic rings. The summed E-state index contributed by atoms with van der Waals surface area (Å²) in [5.74, 6) is 6.05. The van der Waals surface area contributed by atoms with Crippen LogP contribution < -0.4 is 4.90 Å². The van der Waals surface area contributed by atoms with Gasteiger partial charge in [-0.2, -0.15) is 13.2 Å². The molecule has 1 fully saturated rings. The number of alkyl halides is 4. The van der Waals surface area contributed by atoms with Crippen LogP contribution in [0, 0.1) is 18.8 Å². The second kappa shape index (κ2) is 8.79. The van der Waals surface area contributed by atoms with Gasteiger partial charge in [0.1, 0.15) is 5.69 Å². The van der Waals surface area contributed by atoms with Crippen molar-refractivity contribution < 1.29 is 22.7 Å². The largest absolute Gasteiger partial charge is 0.412 e. The molecular weight excluding hydrogens is 424 g/mol. The summed E-state index contributed by atoms with van der Waals surface area (Å²) < 4.78 is 54.9. The number of rotatable bonds is 4. The number of aryl methyl sites for hydroxylation is 1. The normalized spacial score (nSPS) is 20.9. The minimum Gasteiger partial charge on any atom is -0.390 e. The van der Waals surface area contributed by atoms with Crippen molar-refractivity contribution >= 4 is 11.5 Å². The molecule has 0 aliphatic carbocycles. The first-order chi connectivity index (χ1) is 14.9. The first-order valence-electron chi connectivity index (χ1n) is 10.0. The molecular formula is C23H24F4N4O. The number of hydrogen-bond acceptors (Lipinski definition) is 4. The van der Waals surface area contributed by atoms with Crippen molar-refractivity contribution in [1.82, 2.24) is 14.6 Å². The molecule has 1 aliphatic rings. The van der Waals surface area contributed by atoms with Gasteiger partial charge in [-0.1, -0.05) is 18.6 Å². The van der Waals surface area contributed by atoms with Gasteiger partial charge in [-0.15, -0.1) is 5.10 Å². The van der Waals surface area contributed by atoms with Crippen LogP contribution in [0.25, 0.3) is 5.65 Å². The van der Waals surface area contributed by atoms with Gasteiger partial charge in [0.05, 0.1) is 18.8 Å². The monoisotopic (exact) mass is 448 g/mol. The Hall–Kier alpha value is -3.12. The summed E-state index contributed by atoms with van der Waals surface area (Å²) in [4.78, 5) is 6.02.